The zero-order chi connectivity index (χ0) is 26.1. The van der Waals surface area contributed by atoms with Gasteiger partial charge in [0.15, 0.2) is 7.28 Å². The number of allylic oxidation sites excluding steroid dienone is 2. The second-order valence-corrected chi connectivity index (χ2v) is 11.4. The van der Waals surface area contributed by atoms with E-state index >= 15 is 0 Å². The van der Waals surface area contributed by atoms with Crippen LogP contribution < -0.4 is 10.8 Å². The first-order valence-electron chi connectivity index (χ1n) is 13.5. The number of rotatable bonds is 12. The summed E-state index contributed by atoms with van der Waals surface area (Å²) < 4.78 is 0. The van der Waals surface area contributed by atoms with Crippen molar-refractivity contribution in [3.63, 3.8) is 0 Å². The quantitative estimate of drug-likeness (QED) is 0.408. The van der Waals surface area contributed by atoms with Crippen molar-refractivity contribution >= 4 is 30.0 Å². The maximum Gasteiger partial charge on any atom is 0.255 e. The Morgan fingerprint density at radius 3 is 2.56 bits per heavy atom. The summed E-state index contributed by atoms with van der Waals surface area (Å²) in [5.74, 6) is 1.12. The largest absolute Gasteiger partial charge is 0.375 e. The molecule has 1 aromatic heterocycles. The molecule has 0 saturated carbocycles. The molecule has 6 heteroatoms. The SMILES string of the molecule is CCCC1=C(/C=C(\C)C(C)C)C(=O)N(Cc2ccc(B[C@@H](CCNC)c3cccs3)cc2)CCN1C. The molecule has 1 amide bonds. The third-order valence-corrected chi connectivity index (χ3v) is 8.37. The molecule has 0 unspecified atom stereocenters. The predicted octanol–water partition coefficient (Wildman–Crippen LogP) is 5.09. The maximum absolute atomic E-state index is 13.8. The minimum atomic E-state index is 0.164. The lowest BCUT2D eigenvalue weighted by Gasteiger charge is -2.22. The Hall–Kier alpha value is -2.31. The van der Waals surface area contributed by atoms with Crippen molar-refractivity contribution < 1.29 is 4.79 Å². The van der Waals surface area contributed by atoms with Crippen LogP contribution in [0.25, 0.3) is 0 Å². The molecule has 4 nitrogen and oxygen atoms in total. The topological polar surface area (TPSA) is 35.6 Å². The summed E-state index contributed by atoms with van der Waals surface area (Å²) in [6.07, 6.45) is 5.24. The van der Waals surface area contributed by atoms with E-state index < -0.39 is 0 Å². The average Bonchev–Trinajstić information content (AvgIpc) is 3.38. The summed E-state index contributed by atoms with van der Waals surface area (Å²) in [6.45, 7) is 12.0. The van der Waals surface area contributed by atoms with Gasteiger partial charge in [0.05, 0.1) is 5.57 Å². The Balaban J connectivity index is 1.77. The van der Waals surface area contributed by atoms with E-state index in [9.17, 15) is 4.79 Å². The van der Waals surface area contributed by atoms with Crippen molar-refractivity contribution in [2.45, 2.75) is 59.3 Å². The van der Waals surface area contributed by atoms with Crippen molar-refractivity contribution in [2.75, 3.05) is 33.7 Å². The van der Waals surface area contributed by atoms with Crippen molar-refractivity contribution in [1.29, 1.82) is 0 Å². The summed E-state index contributed by atoms with van der Waals surface area (Å²) in [4.78, 5) is 19.6. The molecule has 0 saturated heterocycles. The Morgan fingerprint density at radius 1 is 1.19 bits per heavy atom. The van der Waals surface area contributed by atoms with E-state index in [1.165, 1.54) is 27.2 Å². The molecule has 0 bridgehead atoms. The number of benzene rings is 1. The number of nitrogens with zero attached hydrogens (tertiary/aromatic N) is 2. The molecule has 36 heavy (non-hydrogen) atoms. The van der Waals surface area contributed by atoms with E-state index in [1.54, 1.807) is 0 Å². The molecule has 1 aromatic carbocycles. The van der Waals surface area contributed by atoms with Crippen molar-refractivity contribution in [1.82, 2.24) is 15.1 Å². The highest BCUT2D eigenvalue weighted by Gasteiger charge is 2.26. The highest BCUT2D eigenvalue weighted by molar-refractivity contribution is 7.10. The molecule has 2 heterocycles. The van der Waals surface area contributed by atoms with Crippen LogP contribution in [0.3, 0.4) is 0 Å². The van der Waals surface area contributed by atoms with Crippen LogP contribution in [0.5, 0.6) is 0 Å². The highest BCUT2D eigenvalue weighted by Crippen LogP contribution is 2.26. The van der Waals surface area contributed by atoms with Crippen LogP contribution in [-0.2, 0) is 11.3 Å². The van der Waals surface area contributed by atoms with Gasteiger partial charge < -0.3 is 15.1 Å². The van der Waals surface area contributed by atoms with Gasteiger partial charge in [-0.15, -0.1) is 11.3 Å². The van der Waals surface area contributed by atoms with Crippen molar-refractivity contribution in [3.8, 4) is 0 Å². The number of hydrogen-bond donors (Lipinski definition) is 1. The first-order valence-corrected chi connectivity index (χ1v) is 14.4. The fraction of sp³-hybridized carbons (Fsp3) is 0.500. The second-order valence-electron chi connectivity index (χ2n) is 10.4. The van der Waals surface area contributed by atoms with Gasteiger partial charge in [-0.2, -0.15) is 0 Å². The average molecular weight is 506 g/mol. The van der Waals surface area contributed by atoms with Crippen LogP contribution in [0.1, 0.15) is 63.2 Å². The number of thiophene rings is 1. The molecule has 1 N–H and O–H groups in total. The lowest BCUT2D eigenvalue weighted by Crippen LogP contribution is -2.34. The highest BCUT2D eigenvalue weighted by atomic mass is 32.1. The molecule has 1 aliphatic rings. The third kappa shape index (κ3) is 7.60. The molecule has 3 rings (SSSR count). The van der Waals surface area contributed by atoms with Gasteiger partial charge in [0.1, 0.15) is 0 Å². The Morgan fingerprint density at radius 2 is 1.94 bits per heavy atom. The summed E-state index contributed by atoms with van der Waals surface area (Å²) >= 11 is 1.85. The van der Waals surface area contributed by atoms with Crippen LogP contribution in [0.2, 0.25) is 0 Å². The summed E-state index contributed by atoms with van der Waals surface area (Å²) in [5, 5.41) is 5.47. The van der Waals surface area contributed by atoms with E-state index in [0.29, 0.717) is 18.3 Å². The van der Waals surface area contributed by atoms with E-state index in [-0.39, 0.29) is 5.91 Å². The molecule has 1 aliphatic heterocycles. The second kappa shape index (κ2) is 13.9. The van der Waals surface area contributed by atoms with E-state index in [2.05, 4.69) is 92.8 Å². The smallest absolute Gasteiger partial charge is 0.255 e. The molecule has 194 valence electrons. The van der Waals surface area contributed by atoms with Crippen LogP contribution in [0.15, 0.2) is 64.7 Å². The van der Waals surface area contributed by atoms with Gasteiger partial charge in [0.2, 0.25) is 0 Å². The zero-order valence-corrected chi connectivity index (χ0v) is 24.0. The monoisotopic (exact) mass is 505 g/mol. The molecule has 0 radical (unpaired) electrons. The first kappa shape index (κ1) is 28.3. The van der Waals surface area contributed by atoms with Crippen LogP contribution in [0.4, 0.5) is 0 Å². The third-order valence-electron chi connectivity index (χ3n) is 7.33. The zero-order valence-electron chi connectivity index (χ0n) is 23.1. The van der Waals surface area contributed by atoms with Crippen molar-refractivity contribution in [2.24, 2.45) is 5.92 Å². The fourth-order valence-electron chi connectivity index (χ4n) is 4.73. The number of nitrogens with one attached hydrogen (secondary N) is 1. The Bertz CT molecular complexity index is 1030. The number of likely N-dealkylation sites (N-methyl/N-ethyl adjacent to an activating group) is 1. The minimum absolute atomic E-state index is 0.164. The standard InChI is InChI=1S/C30H44BN3OS/c1-7-9-28-26(20-23(4)22(2)3)30(35)34(18-17-33(28)6)21-24-11-13-25(14-12-24)31-27(15-16-32-5)29-10-8-19-36-29/h8,10-14,19-20,22,27,31-32H,7,9,15-18,21H2,1-6H3/b23-20+/t27-/m0/s1. The van der Waals surface area contributed by atoms with Gasteiger partial charge in [-0.1, -0.05) is 68.6 Å². The number of hydrogen-bond acceptors (Lipinski definition) is 4. The van der Waals surface area contributed by atoms with E-state index in [1.807, 2.05) is 23.3 Å². The van der Waals surface area contributed by atoms with E-state index in [4.69, 9.17) is 0 Å². The molecule has 0 aliphatic carbocycles. The van der Waals surface area contributed by atoms with E-state index in [0.717, 1.165) is 51.7 Å². The van der Waals surface area contributed by atoms with Crippen LogP contribution in [-0.4, -0.2) is 56.7 Å². The van der Waals surface area contributed by atoms with Crippen LogP contribution >= 0.6 is 11.3 Å². The lowest BCUT2D eigenvalue weighted by atomic mass is 9.57. The van der Waals surface area contributed by atoms with Gasteiger partial charge in [-0.3, -0.25) is 4.79 Å². The first-order chi connectivity index (χ1) is 17.3. The molecular formula is C30H44BN3OS. The summed E-state index contributed by atoms with van der Waals surface area (Å²) in [7, 11) is 5.20. The van der Waals surface area contributed by atoms with Gasteiger partial charge in [0, 0.05) is 37.3 Å². The summed E-state index contributed by atoms with van der Waals surface area (Å²) in [6, 6.07) is 13.3. The minimum Gasteiger partial charge on any atom is -0.375 e. The molecule has 1 atom stereocenters. The summed E-state index contributed by atoms with van der Waals surface area (Å²) in [5.41, 5.74) is 5.87. The molecule has 0 fully saturated rings. The molecule has 2 aromatic rings. The van der Waals surface area contributed by atoms with Gasteiger partial charge in [0.25, 0.3) is 5.91 Å². The number of carbonyl (C=O) groups excluding carboxylic acids is 1. The normalized spacial score (nSPS) is 16.1. The Labute approximate surface area is 223 Å². The van der Waals surface area contributed by atoms with Gasteiger partial charge >= 0.3 is 0 Å². The maximum atomic E-state index is 13.8. The molecular weight excluding hydrogens is 461 g/mol. The van der Waals surface area contributed by atoms with Crippen LogP contribution in [0, 0.1) is 5.92 Å². The predicted molar refractivity (Wildman–Crippen MR) is 157 cm³/mol. The number of amides is 1. The van der Waals surface area contributed by atoms with Gasteiger partial charge in [-0.25, -0.2) is 0 Å². The number of carbonyl (C=O) groups is 1. The Kier molecular flexibility index (Phi) is 10.9. The fourth-order valence-corrected chi connectivity index (χ4v) is 5.60. The lowest BCUT2D eigenvalue weighted by molar-refractivity contribution is -0.127. The van der Waals surface area contributed by atoms with Gasteiger partial charge in [-0.05, 0) is 68.2 Å². The van der Waals surface area contributed by atoms with Crippen molar-refractivity contribution in [3.05, 3.63) is 75.1 Å². The molecule has 0 spiro atoms.